The molecule has 0 heterocycles. The second-order valence-electron chi connectivity index (χ2n) is 5.72. The summed E-state index contributed by atoms with van der Waals surface area (Å²) in [6.45, 7) is 7.82. The van der Waals surface area contributed by atoms with Crippen LogP contribution >= 0.6 is 15.9 Å². The Balaban J connectivity index is 2.33. The van der Waals surface area contributed by atoms with Crippen LogP contribution in [0.3, 0.4) is 0 Å². The van der Waals surface area contributed by atoms with Crippen molar-refractivity contribution in [1.82, 2.24) is 5.32 Å². The van der Waals surface area contributed by atoms with Crippen molar-refractivity contribution in [3.63, 3.8) is 0 Å². The highest BCUT2D eigenvalue weighted by molar-refractivity contribution is 9.10. The zero-order valence-corrected chi connectivity index (χ0v) is 13.2. The molecule has 1 aromatic rings. The zero-order chi connectivity index (χ0) is 13.3. The third-order valence-electron chi connectivity index (χ3n) is 3.94. The summed E-state index contributed by atoms with van der Waals surface area (Å²) in [5.74, 6) is 1.67. The van der Waals surface area contributed by atoms with Crippen LogP contribution in [-0.2, 0) is 0 Å². The van der Waals surface area contributed by atoms with Gasteiger partial charge in [0.1, 0.15) is 5.75 Å². The third-order valence-corrected chi connectivity index (χ3v) is 4.44. The van der Waals surface area contributed by atoms with Crippen LogP contribution in [0.2, 0.25) is 0 Å². The quantitative estimate of drug-likeness (QED) is 0.882. The lowest BCUT2D eigenvalue weighted by atomic mass is 9.96. The van der Waals surface area contributed by atoms with Crippen LogP contribution in [0.1, 0.15) is 38.8 Å². The van der Waals surface area contributed by atoms with Crippen molar-refractivity contribution in [1.29, 1.82) is 0 Å². The summed E-state index contributed by atoms with van der Waals surface area (Å²) >= 11 is 3.56. The summed E-state index contributed by atoms with van der Waals surface area (Å²) in [6.07, 6.45) is 1.28. The lowest BCUT2D eigenvalue weighted by Gasteiger charge is -2.22. The molecule has 2 nitrogen and oxygen atoms in total. The predicted molar refractivity (Wildman–Crippen MR) is 79.0 cm³/mol. The second-order valence-corrected chi connectivity index (χ2v) is 6.64. The number of ether oxygens (including phenoxy) is 1. The van der Waals surface area contributed by atoms with Gasteiger partial charge in [0.25, 0.3) is 0 Å². The van der Waals surface area contributed by atoms with Crippen LogP contribution in [-0.4, -0.2) is 13.7 Å². The van der Waals surface area contributed by atoms with E-state index >= 15 is 0 Å². The molecule has 1 aliphatic rings. The van der Waals surface area contributed by atoms with Crippen molar-refractivity contribution in [2.24, 2.45) is 11.3 Å². The highest BCUT2D eigenvalue weighted by atomic mass is 79.9. The van der Waals surface area contributed by atoms with Gasteiger partial charge in [0.05, 0.1) is 7.11 Å². The van der Waals surface area contributed by atoms with Gasteiger partial charge in [-0.1, -0.05) is 36.7 Å². The molecule has 0 amide bonds. The van der Waals surface area contributed by atoms with E-state index in [-0.39, 0.29) is 0 Å². The standard InChI is InChI=1S/C15H22BrNO/c1-5-17-14(12-9-15(12,2)3)11-8-10(16)6-7-13(11)18-4/h6-8,12,14,17H,5,9H2,1-4H3. The van der Waals surface area contributed by atoms with Crippen molar-refractivity contribution in [3.05, 3.63) is 28.2 Å². The fraction of sp³-hybridized carbons (Fsp3) is 0.600. The molecule has 0 saturated heterocycles. The highest BCUT2D eigenvalue weighted by Gasteiger charge is 2.50. The maximum absolute atomic E-state index is 5.51. The number of hydrogen-bond donors (Lipinski definition) is 1. The Hall–Kier alpha value is -0.540. The summed E-state index contributed by atoms with van der Waals surface area (Å²) in [5, 5.41) is 3.62. The smallest absolute Gasteiger partial charge is 0.123 e. The Morgan fingerprint density at radius 3 is 2.67 bits per heavy atom. The molecule has 1 aromatic carbocycles. The molecule has 1 aliphatic carbocycles. The highest BCUT2D eigenvalue weighted by Crippen LogP contribution is 2.58. The first-order chi connectivity index (χ1) is 8.49. The van der Waals surface area contributed by atoms with Crippen LogP contribution < -0.4 is 10.1 Å². The van der Waals surface area contributed by atoms with E-state index in [1.807, 2.05) is 12.1 Å². The SMILES string of the molecule is CCNC(c1cc(Br)ccc1OC)C1CC1(C)C. The molecule has 0 aliphatic heterocycles. The first kappa shape index (κ1) is 13.9. The van der Waals surface area contributed by atoms with E-state index < -0.39 is 0 Å². The van der Waals surface area contributed by atoms with Crippen LogP contribution in [0.15, 0.2) is 22.7 Å². The fourth-order valence-corrected chi connectivity index (χ4v) is 3.09. The summed E-state index contributed by atoms with van der Waals surface area (Å²) < 4.78 is 6.62. The monoisotopic (exact) mass is 311 g/mol. The first-order valence-corrected chi connectivity index (χ1v) is 7.35. The van der Waals surface area contributed by atoms with Gasteiger partial charge in [0.15, 0.2) is 0 Å². The van der Waals surface area contributed by atoms with Crippen LogP contribution in [0, 0.1) is 11.3 Å². The van der Waals surface area contributed by atoms with Gasteiger partial charge in [-0.25, -0.2) is 0 Å². The molecule has 100 valence electrons. The molecule has 3 heteroatoms. The summed E-state index contributed by atoms with van der Waals surface area (Å²) in [7, 11) is 1.74. The fourth-order valence-electron chi connectivity index (χ4n) is 2.71. The predicted octanol–water partition coefficient (Wildman–Crippen LogP) is 4.15. The maximum atomic E-state index is 5.51. The number of nitrogens with one attached hydrogen (secondary N) is 1. The number of rotatable bonds is 5. The number of halogens is 1. The van der Waals surface area contributed by atoms with Gasteiger partial charge in [0.2, 0.25) is 0 Å². The maximum Gasteiger partial charge on any atom is 0.123 e. The van der Waals surface area contributed by atoms with Gasteiger partial charge in [-0.3, -0.25) is 0 Å². The van der Waals surface area contributed by atoms with Gasteiger partial charge in [-0.15, -0.1) is 0 Å². The first-order valence-electron chi connectivity index (χ1n) is 6.56. The van der Waals surface area contributed by atoms with E-state index in [0.29, 0.717) is 17.4 Å². The van der Waals surface area contributed by atoms with Crippen LogP contribution in [0.5, 0.6) is 5.75 Å². The van der Waals surface area contributed by atoms with Crippen molar-refractivity contribution >= 4 is 15.9 Å². The molecule has 2 atom stereocenters. The molecule has 18 heavy (non-hydrogen) atoms. The number of benzene rings is 1. The van der Waals surface area contributed by atoms with Gasteiger partial charge in [-0.2, -0.15) is 0 Å². The minimum absolute atomic E-state index is 0.387. The minimum atomic E-state index is 0.387. The Kier molecular flexibility index (Phi) is 4.02. The van der Waals surface area contributed by atoms with Crippen LogP contribution in [0.4, 0.5) is 0 Å². The molecule has 0 bridgehead atoms. The van der Waals surface area contributed by atoms with Gasteiger partial charge in [0, 0.05) is 16.1 Å². The number of hydrogen-bond acceptors (Lipinski definition) is 2. The van der Waals surface area contributed by atoms with E-state index in [9.17, 15) is 0 Å². The Bertz CT molecular complexity index is 431. The van der Waals surface area contributed by atoms with E-state index in [2.05, 4.69) is 48.1 Å². The molecule has 1 saturated carbocycles. The topological polar surface area (TPSA) is 21.3 Å². The third kappa shape index (κ3) is 2.72. The molecule has 1 N–H and O–H groups in total. The average molecular weight is 312 g/mol. The van der Waals surface area contributed by atoms with E-state index in [1.54, 1.807) is 7.11 Å². The van der Waals surface area contributed by atoms with Gasteiger partial charge >= 0.3 is 0 Å². The van der Waals surface area contributed by atoms with Gasteiger partial charge in [-0.05, 0) is 42.5 Å². The Morgan fingerprint density at radius 1 is 1.50 bits per heavy atom. The summed E-state index contributed by atoms with van der Waals surface area (Å²) in [6, 6.07) is 6.64. The summed E-state index contributed by atoms with van der Waals surface area (Å²) in [4.78, 5) is 0. The average Bonchev–Trinajstić information content (AvgIpc) is 2.95. The molecule has 0 radical (unpaired) electrons. The van der Waals surface area contributed by atoms with E-state index in [4.69, 9.17) is 4.74 Å². The molecule has 2 rings (SSSR count). The van der Waals surface area contributed by atoms with E-state index in [1.165, 1.54) is 12.0 Å². The molecule has 1 fully saturated rings. The van der Waals surface area contributed by atoms with Crippen molar-refractivity contribution < 1.29 is 4.74 Å². The van der Waals surface area contributed by atoms with E-state index in [0.717, 1.165) is 16.8 Å². The van der Waals surface area contributed by atoms with Crippen molar-refractivity contribution in [2.75, 3.05) is 13.7 Å². The summed E-state index contributed by atoms with van der Waals surface area (Å²) in [5.41, 5.74) is 1.71. The lowest BCUT2D eigenvalue weighted by Crippen LogP contribution is -2.24. The van der Waals surface area contributed by atoms with Crippen molar-refractivity contribution in [3.8, 4) is 5.75 Å². The minimum Gasteiger partial charge on any atom is -0.496 e. The number of methoxy groups -OCH3 is 1. The Morgan fingerprint density at radius 2 is 2.17 bits per heavy atom. The molecular formula is C15H22BrNO. The van der Waals surface area contributed by atoms with Crippen LogP contribution in [0.25, 0.3) is 0 Å². The lowest BCUT2D eigenvalue weighted by molar-refractivity contribution is 0.377. The molecule has 0 spiro atoms. The Labute approximate surface area is 118 Å². The molecular weight excluding hydrogens is 290 g/mol. The molecule has 0 aromatic heterocycles. The van der Waals surface area contributed by atoms with Crippen molar-refractivity contribution in [2.45, 2.75) is 33.2 Å². The second kappa shape index (κ2) is 5.22. The normalized spacial score (nSPS) is 22.6. The largest absolute Gasteiger partial charge is 0.496 e. The molecule has 2 unspecified atom stereocenters. The van der Waals surface area contributed by atoms with Gasteiger partial charge < -0.3 is 10.1 Å². The zero-order valence-electron chi connectivity index (χ0n) is 11.6.